The first kappa shape index (κ1) is 19.0. The van der Waals surface area contributed by atoms with Gasteiger partial charge in [-0.05, 0) is 50.9 Å². The number of carbonyl (C=O) groups is 1. The third kappa shape index (κ3) is 4.62. The Labute approximate surface area is 148 Å². The Morgan fingerprint density at radius 2 is 2.25 bits per heavy atom. The van der Waals surface area contributed by atoms with E-state index in [9.17, 15) is 9.90 Å². The maximum Gasteiger partial charge on any atom is 0.313 e. The van der Waals surface area contributed by atoms with Crippen LogP contribution in [0.15, 0.2) is 18.2 Å². The van der Waals surface area contributed by atoms with Crippen molar-refractivity contribution in [3.63, 3.8) is 0 Å². The molecule has 6 heteroatoms. The number of likely N-dealkylation sites (tertiary alicyclic amines) is 1. The van der Waals surface area contributed by atoms with Crippen LogP contribution in [0.4, 0.5) is 0 Å². The molecule has 1 aliphatic rings. The van der Waals surface area contributed by atoms with E-state index >= 15 is 0 Å². The van der Waals surface area contributed by atoms with Gasteiger partial charge in [-0.2, -0.15) is 0 Å². The van der Waals surface area contributed by atoms with Gasteiger partial charge in [0.1, 0.15) is 5.75 Å². The minimum atomic E-state index is -0.543. The number of hydrogen-bond acceptors (Lipinski definition) is 5. The summed E-state index contributed by atoms with van der Waals surface area (Å²) in [6.07, 6.45) is 2.34. The van der Waals surface area contributed by atoms with Crippen LogP contribution in [0.5, 0.6) is 5.75 Å². The summed E-state index contributed by atoms with van der Waals surface area (Å²) in [6, 6.07) is 5.04. The molecule has 0 radical (unpaired) electrons. The van der Waals surface area contributed by atoms with Crippen LogP contribution >= 0.6 is 11.6 Å². The Bertz CT molecular complexity index is 566. The van der Waals surface area contributed by atoms with Gasteiger partial charge in [0.15, 0.2) is 0 Å². The fourth-order valence-corrected chi connectivity index (χ4v) is 3.53. The maximum atomic E-state index is 12.6. The molecule has 0 aromatic heterocycles. The molecule has 1 aromatic carbocycles. The zero-order valence-electron chi connectivity index (χ0n) is 14.4. The van der Waals surface area contributed by atoms with Crippen molar-refractivity contribution in [3.8, 4) is 5.75 Å². The van der Waals surface area contributed by atoms with Gasteiger partial charge in [0.25, 0.3) is 0 Å². The van der Waals surface area contributed by atoms with Crippen molar-refractivity contribution < 1.29 is 19.4 Å². The van der Waals surface area contributed by atoms with Crippen molar-refractivity contribution in [2.75, 3.05) is 33.4 Å². The number of benzene rings is 1. The predicted octanol–water partition coefficient (Wildman–Crippen LogP) is 3.23. The van der Waals surface area contributed by atoms with E-state index in [4.69, 9.17) is 21.1 Å². The average molecular weight is 356 g/mol. The number of nitrogens with zero attached hydrogens (tertiary/aromatic N) is 1. The van der Waals surface area contributed by atoms with Crippen LogP contribution < -0.4 is 0 Å². The Balaban J connectivity index is 2.14. The molecule has 134 valence electrons. The standard InChI is InChI=1S/C18H26ClNO4/c1-3-24-17(22)18(8-10-23-2)7-4-9-20(13-18)12-14-11-15(19)5-6-16(14)21/h5-6,11,21H,3-4,7-10,12-13H2,1-2H3/t18-/m1/s1. The van der Waals surface area contributed by atoms with Crippen LogP contribution in [0.2, 0.25) is 5.02 Å². The smallest absolute Gasteiger partial charge is 0.313 e. The van der Waals surface area contributed by atoms with Crippen molar-refractivity contribution in [1.29, 1.82) is 0 Å². The molecule has 0 amide bonds. The van der Waals surface area contributed by atoms with Crippen LogP contribution in [-0.4, -0.2) is 49.4 Å². The average Bonchev–Trinajstić information content (AvgIpc) is 2.57. The van der Waals surface area contributed by atoms with E-state index in [0.717, 1.165) is 24.9 Å². The van der Waals surface area contributed by atoms with Crippen LogP contribution in [0.3, 0.4) is 0 Å². The summed E-state index contributed by atoms with van der Waals surface area (Å²) in [7, 11) is 1.64. The Morgan fingerprint density at radius 1 is 1.46 bits per heavy atom. The summed E-state index contributed by atoms with van der Waals surface area (Å²) in [4.78, 5) is 14.8. The lowest BCUT2D eigenvalue weighted by atomic mass is 9.77. The molecule has 24 heavy (non-hydrogen) atoms. The van der Waals surface area contributed by atoms with E-state index < -0.39 is 5.41 Å². The van der Waals surface area contributed by atoms with Gasteiger partial charge in [0, 0.05) is 37.4 Å². The van der Waals surface area contributed by atoms with Gasteiger partial charge in [-0.15, -0.1) is 0 Å². The van der Waals surface area contributed by atoms with Crippen molar-refractivity contribution >= 4 is 17.6 Å². The molecule has 1 fully saturated rings. The van der Waals surface area contributed by atoms with Crippen LogP contribution in [0, 0.1) is 5.41 Å². The first-order valence-electron chi connectivity index (χ1n) is 8.36. The molecule has 0 aliphatic carbocycles. The van der Waals surface area contributed by atoms with Gasteiger partial charge in [-0.25, -0.2) is 0 Å². The number of carbonyl (C=O) groups excluding carboxylic acids is 1. The van der Waals surface area contributed by atoms with Gasteiger partial charge < -0.3 is 14.6 Å². The molecule has 1 aliphatic heterocycles. The highest BCUT2D eigenvalue weighted by Gasteiger charge is 2.43. The molecule has 0 spiro atoms. The largest absolute Gasteiger partial charge is 0.508 e. The first-order valence-corrected chi connectivity index (χ1v) is 8.74. The van der Waals surface area contributed by atoms with Crippen LogP contribution in [0.1, 0.15) is 31.7 Å². The lowest BCUT2D eigenvalue weighted by molar-refractivity contribution is -0.160. The number of halogens is 1. The Kier molecular flexibility index (Phi) is 6.90. The number of piperidine rings is 1. The third-order valence-corrected chi connectivity index (χ3v) is 4.82. The number of hydrogen-bond donors (Lipinski definition) is 1. The predicted molar refractivity (Wildman–Crippen MR) is 93.2 cm³/mol. The van der Waals surface area contributed by atoms with Crippen LogP contribution in [-0.2, 0) is 20.8 Å². The minimum Gasteiger partial charge on any atom is -0.508 e. The van der Waals surface area contributed by atoms with E-state index in [1.54, 1.807) is 25.3 Å². The lowest BCUT2D eigenvalue weighted by Crippen LogP contribution is -2.48. The monoisotopic (exact) mass is 355 g/mol. The third-order valence-electron chi connectivity index (χ3n) is 4.58. The van der Waals surface area contributed by atoms with E-state index in [1.807, 2.05) is 6.92 Å². The highest BCUT2D eigenvalue weighted by Crippen LogP contribution is 2.36. The minimum absolute atomic E-state index is 0.151. The van der Waals surface area contributed by atoms with E-state index in [-0.39, 0.29) is 11.7 Å². The van der Waals surface area contributed by atoms with Gasteiger partial charge in [0.2, 0.25) is 0 Å². The Hall–Kier alpha value is -1.30. The van der Waals surface area contributed by atoms with Crippen molar-refractivity contribution in [3.05, 3.63) is 28.8 Å². The number of aromatic hydroxyl groups is 1. The highest BCUT2D eigenvalue weighted by molar-refractivity contribution is 6.30. The molecule has 0 saturated carbocycles. The van der Waals surface area contributed by atoms with E-state index in [2.05, 4.69) is 4.90 Å². The normalized spacial score (nSPS) is 21.6. The fourth-order valence-electron chi connectivity index (χ4n) is 3.34. The zero-order chi connectivity index (χ0) is 17.6. The molecule has 0 unspecified atom stereocenters. The van der Waals surface area contributed by atoms with Crippen molar-refractivity contribution in [2.24, 2.45) is 5.41 Å². The number of esters is 1. The molecule has 1 saturated heterocycles. The summed E-state index contributed by atoms with van der Waals surface area (Å²) in [5.41, 5.74) is 0.229. The molecule has 2 rings (SSSR count). The molecule has 0 bridgehead atoms. The van der Waals surface area contributed by atoms with Gasteiger partial charge in [-0.1, -0.05) is 11.6 Å². The molecule has 1 atom stereocenters. The summed E-state index contributed by atoms with van der Waals surface area (Å²) < 4.78 is 10.5. The summed E-state index contributed by atoms with van der Waals surface area (Å²) in [6.45, 7) is 4.76. The quantitative estimate of drug-likeness (QED) is 0.761. The second-order valence-corrected chi connectivity index (χ2v) is 6.77. The number of phenolic OH excluding ortho intramolecular Hbond substituents is 1. The topological polar surface area (TPSA) is 59.0 Å². The van der Waals surface area contributed by atoms with Gasteiger partial charge in [-0.3, -0.25) is 9.69 Å². The summed E-state index contributed by atoms with van der Waals surface area (Å²) >= 11 is 6.03. The molecular formula is C18H26ClNO4. The van der Waals surface area contributed by atoms with E-state index in [0.29, 0.717) is 37.7 Å². The van der Waals surface area contributed by atoms with Gasteiger partial charge >= 0.3 is 5.97 Å². The molecular weight excluding hydrogens is 330 g/mol. The number of phenols is 1. The molecule has 1 N–H and O–H groups in total. The lowest BCUT2D eigenvalue weighted by Gasteiger charge is -2.41. The SMILES string of the molecule is CCOC(=O)[C@@]1(CCOC)CCCN(Cc2cc(Cl)ccc2O)C1. The van der Waals surface area contributed by atoms with Crippen LogP contribution in [0.25, 0.3) is 0 Å². The summed E-state index contributed by atoms with van der Waals surface area (Å²) in [5, 5.41) is 10.6. The molecule has 1 aromatic rings. The van der Waals surface area contributed by atoms with E-state index in [1.165, 1.54) is 0 Å². The molecule has 5 nitrogen and oxygen atoms in total. The number of methoxy groups -OCH3 is 1. The second-order valence-electron chi connectivity index (χ2n) is 6.33. The first-order chi connectivity index (χ1) is 11.5. The van der Waals surface area contributed by atoms with Gasteiger partial charge in [0.05, 0.1) is 12.0 Å². The fraction of sp³-hybridized carbons (Fsp3) is 0.611. The van der Waals surface area contributed by atoms with Crippen molar-refractivity contribution in [1.82, 2.24) is 4.90 Å². The Morgan fingerprint density at radius 3 is 2.96 bits per heavy atom. The number of rotatable bonds is 7. The van der Waals surface area contributed by atoms with Crippen molar-refractivity contribution in [2.45, 2.75) is 32.7 Å². The zero-order valence-corrected chi connectivity index (χ0v) is 15.1. The second kappa shape index (κ2) is 8.70. The maximum absolute atomic E-state index is 12.6. The number of ether oxygens (including phenoxy) is 2. The highest BCUT2D eigenvalue weighted by atomic mass is 35.5. The molecule has 1 heterocycles. The summed E-state index contributed by atoms with van der Waals surface area (Å²) in [5.74, 6) is 0.0747.